The number of hydrogen-bond donors (Lipinski definition) is 3. The molecular formula is C14H14N2O4. The van der Waals surface area contributed by atoms with Gasteiger partial charge in [0.1, 0.15) is 0 Å². The first-order valence-corrected chi connectivity index (χ1v) is 6.52. The van der Waals surface area contributed by atoms with Crippen molar-refractivity contribution in [2.75, 3.05) is 5.32 Å². The highest BCUT2D eigenvalue weighted by atomic mass is 16.4. The van der Waals surface area contributed by atoms with Gasteiger partial charge in [-0.05, 0) is 31.4 Å². The number of aliphatic imine (C=N–C) groups is 1. The summed E-state index contributed by atoms with van der Waals surface area (Å²) in [6.45, 7) is 0. The Kier molecular flexibility index (Phi) is 2.93. The number of carboxylic acids is 2. The summed E-state index contributed by atoms with van der Waals surface area (Å²) in [7, 11) is 0. The number of carboxylic acid groups (broad SMARTS) is 2. The van der Waals surface area contributed by atoms with Gasteiger partial charge in [0.2, 0.25) is 0 Å². The van der Waals surface area contributed by atoms with Gasteiger partial charge < -0.3 is 15.5 Å². The van der Waals surface area contributed by atoms with Gasteiger partial charge in [-0.2, -0.15) is 0 Å². The van der Waals surface area contributed by atoms with Gasteiger partial charge in [-0.15, -0.1) is 0 Å². The SMILES string of the molecule is O=C(O)c1cccc2c1NC1CCCC(C(=O)O)C1=N2. The lowest BCUT2D eigenvalue weighted by Gasteiger charge is -2.34. The molecule has 0 aromatic heterocycles. The van der Waals surface area contributed by atoms with Gasteiger partial charge in [-0.25, -0.2) is 4.79 Å². The maximum Gasteiger partial charge on any atom is 0.337 e. The number of aliphatic carboxylic acids is 1. The maximum absolute atomic E-state index is 11.3. The van der Waals surface area contributed by atoms with Gasteiger partial charge in [-0.1, -0.05) is 6.07 Å². The maximum atomic E-state index is 11.3. The number of nitrogens with zero attached hydrogens (tertiary/aromatic N) is 1. The van der Waals surface area contributed by atoms with Crippen LogP contribution in [0, 0.1) is 5.92 Å². The number of anilines is 1. The molecule has 6 heteroatoms. The summed E-state index contributed by atoms with van der Waals surface area (Å²) in [6, 6.07) is 4.66. The zero-order chi connectivity index (χ0) is 14.3. The fourth-order valence-corrected chi connectivity index (χ4v) is 2.89. The number of carbonyl (C=O) groups is 2. The largest absolute Gasteiger partial charge is 0.481 e. The van der Waals surface area contributed by atoms with E-state index in [-0.39, 0.29) is 11.6 Å². The number of fused-ring (bicyclic) bond motifs is 2. The highest BCUT2D eigenvalue weighted by Crippen LogP contribution is 2.38. The van der Waals surface area contributed by atoms with Crippen LogP contribution in [0.1, 0.15) is 29.6 Å². The fraction of sp³-hybridized carbons (Fsp3) is 0.357. The number of benzene rings is 1. The molecule has 3 rings (SSSR count). The van der Waals surface area contributed by atoms with Crippen molar-refractivity contribution in [3.63, 3.8) is 0 Å². The molecule has 0 amide bonds. The molecule has 2 aliphatic rings. The Balaban J connectivity index is 2.09. The van der Waals surface area contributed by atoms with E-state index in [1.165, 1.54) is 6.07 Å². The van der Waals surface area contributed by atoms with E-state index in [9.17, 15) is 19.8 Å². The summed E-state index contributed by atoms with van der Waals surface area (Å²) in [6.07, 6.45) is 2.15. The van der Waals surface area contributed by atoms with E-state index < -0.39 is 17.9 Å². The van der Waals surface area contributed by atoms with E-state index in [0.29, 0.717) is 23.5 Å². The van der Waals surface area contributed by atoms with Gasteiger partial charge in [0.25, 0.3) is 0 Å². The van der Waals surface area contributed by atoms with E-state index in [2.05, 4.69) is 10.3 Å². The van der Waals surface area contributed by atoms with E-state index in [1.54, 1.807) is 12.1 Å². The first-order valence-electron chi connectivity index (χ1n) is 6.52. The molecule has 1 aromatic rings. The van der Waals surface area contributed by atoms with Crippen LogP contribution in [-0.2, 0) is 4.79 Å². The van der Waals surface area contributed by atoms with Gasteiger partial charge in [0.15, 0.2) is 0 Å². The monoisotopic (exact) mass is 274 g/mol. The van der Waals surface area contributed by atoms with Gasteiger partial charge in [0.05, 0.1) is 34.6 Å². The predicted octanol–water partition coefficient (Wildman–Crippen LogP) is 2.14. The van der Waals surface area contributed by atoms with E-state index in [0.717, 1.165) is 12.8 Å². The Bertz CT molecular complexity index is 624. The highest BCUT2D eigenvalue weighted by molar-refractivity contribution is 6.11. The van der Waals surface area contributed by atoms with Crippen molar-refractivity contribution in [2.45, 2.75) is 25.3 Å². The first-order chi connectivity index (χ1) is 9.58. The van der Waals surface area contributed by atoms with Gasteiger partial charge in [0, 0.05) is 0 Å². The van der Waals surface area contributed by atoms with Gasteiger partial charge >= 0.3 is 11.9 Å². The lowest BCUT2D eigenvalue weighted by Crippen LogP contribution is -2.43. The van der Waals surface area contributed by atoms with Crippen molar-refractivity contribution < 1.29 is 19.8 Å². The van der Waals surface area contributed by atoms with Crippen molar-refractivity contribution in [1.29, 1.82) is 0 Å². The van der Waals surface area contributed by atoms with Crippen LogP contribution in [0.3, 0.4) is 0 Å². The van der Waals surface area contributed by atoms with Crippen LogP contribution in [0.4, 0.5) is 11.4 Å². The van der Waals surface area contributed by atoms with Crippen LogP contribution in [0.2, 0.25) is 0 Å². The number of para-hydroxylation sites is 1. The summed E-state index contributed by atoms with van der Waals surface area (Å²) < 4.78 is 0. The molecule has 1 fully saturated rings. The summed E-state index contributed by atoms with van der Waals surface area (Å²) in [5.74, 6) is -2.46. The molecule has 1 aliphatic heterocycles. The molecule has 2 unspecified atom stereocenters. The molecule has 2 atom stereocenters. The number of rotatable bonds is 2. The first kappa shape index (κ1) is 12.7. The molecular weight excluding hydrogens is 260 g/mol. The predicted molar refractivity (Wildman–Crippen MR) is 72.9 cm³/mol. The average molecular weight is 274 g/mol. The van der Waals surface area contributed by atoms with Crippen LogP contribution in [0.5, 0.6) is 0 Å². The van der Waals surface area contributed by atoms with Crippen LogP contribution in [-0.4, -0.2) is 33.9 Å². The molecule has 1 saturated carbocycles. The second-order valence-electron chi connectivity index (χ2n) is 5.06. The van der Waals surface area contributed by atoms with Gasteiger partial charge in [-0.3, -0.25) is 9.79 Å². The zero-order valence-electron chi connectivity index (χ0n) is 10.7. The highest BCUT2D eigenvalue weighted by Gasteiger charge is 2.37. The number of nitrogens with one attached hydrogen (secondary N) is 1. The summed E-state index contributed by atoms with van der Waals surface area (Å²) in [5.41, 5.74) is 1.77. The van der Waals surface area contributed by atoms with Crippen LogP contribution in [0.15, 0.2) is 23.2 Å². The molecule has 0 bridgehead atoms. The van der Waals surface area contributed by atoms with E-state index >= 15 is 0 Å². The average Bonchev–Trinajstić information content (AvgIpc) is 2.43. The summed E-state index contributed by atoms with van der Waals surface area (Å²) in [5, 5.41) is 21.6. The van der Waals surface area contributed by atoms with Crippen molar-refractivity contribution in [2.24, 2.45) is 10.9 Å². The molecule has 1 aliphatic carbocycles. The second-order valence-corrected chi connectivity index (χ2v) is 5.06. The Hall–Kier alpha value is -2.37. The third-order valence-electron chi connectivity index (χ3n) is 3.84. The molecule has 1 aromatic carbocycles. The smallest absolute Gasteiger partial charge is 0.337 e. The zero-order valence-corrected chi connectivity index (χ0v) is 10.7. The Morgan fingerprint density at radius 2 is 2.05 bits per heavy atom. The van der Waals surface area contributed by atoms with Crippen LogP contribution >= 0.6 is 0 Å². The Morgan fingerprint density at radius 1 is 1.25 bits per heavy atom. The number of hydrogen-bond acceptors (Lipinski definition) is 4. The van der Waals surface area contributed by atoms with E-state index in [1.807, 2.05) is 0 Å². The molecule has 0 radical (unpaired) electrons. The lowest BCUT2D eigenvalue weighted by atomic mass is 9.82. The van der Waals surface area contributed by atoms with Crippen molar-refractivity contribution in [3.05, 3.63) is 23.8 Å². The quantitative estimate of drug-likeness (QED) is 0.767. The Morgan fingerprint density at radius 3 is 2.75 bits per heavy atom. The molecule has 0 saturated heterocycles. The third kappa shape index (κ3) is 1.93. The topological polar surface area (TPSA) is 99.0 Å². The molecule has 3 N–H and O–H groups in total. The Labute approximate surface area is 115 Å². The van der Waals surface area contributed by atoms with E-state index in [4.69, 9.17) is 0 Å². The molecule has 0 spiro atoms. The normalized spacial score (nSPS) is 23.9. The fourth-order valence-electron chi connectivity index (χ4n) is 2.89. The third-order valence-corrected chi connectivity index (χ3v) is 3.84. The molecule has 6 nitrogen and oxygen atoms in total. The van der Waals surface area contributed by atoms with Crippen LogP contribution < -0.4 is 5.32 Å². The molecule has 104 valence electrons. The standard InChI is InChI=1S/C14H14N2O4/c17-13(18)7-3-1-5-9-11(7)16-10-6-2-4-8(14(19)20)12(10)15-9/h1,3,5,8,10,16H,2,4,6H2,(H,17,18)(H,19,20). The van der Waals surface area contributed by atoms with Crippen molar-refractivity contribution in [1.82, 2.24) is 0 Å². The minimum atomic E-state index is -1.02. The minimum absolute atomic E-state index is 0.169. The lowest BCUT2D eigenvalue weighted by molar-refractivity contribution is -0.139. The minimum Gasteiger partial charge on any atom is -0.481 e. The summed E-state index contributed by atoms with van der Waals surface area (Å²) >= 11 is 0. The molecule has 20 heavy (non-hydrogen) atoms. The van der Waals surface area contributed by atoms with Crippen molar-refractivity contribution >= 4 is 29.0 Å². The summed E-state index contributed by atoms with van der Waals surface area (Å²) in [4.78, 5) is 26.9. The number of aromatic carboxylic acids is 1. The van der Waals surface area contributed by atoms with Crippen molar-refractivity contribution in [3.8, 4) is 0 Å². The molecule has 1 heterocycles. The second kappa shape index (κ2) is 4.63. The van der Waals surface area contributed by atoms with Crippen LogP contribution in [0.25, 0.3) is 0 Å².